The zero-order chi connectivity index (χ0) is 19.5. The highest BCUT2D eigenvalue weighted by Gasteiger charge is 2.15. The number of aryl methyl sites for hydroxylation is 1. The molecule has 0 aliphatic rings. The Labute approximate surface area is 170 Å². The van der Waals surface area contributed by atoms with Crippen LogP contribution in [0.4, 0.5) is 5.69 Å². The van der Waals surface area contributed by atoms with Gasteiger partial charge in [0, 0.05) is 22.3 Å². The van der Waals surface area contributed by atoms with Crippen LogP contribution in [0, 0.1) is 6.92 Å². The van der Waals surface area contributed by atoms with E-state index in [1.807, 2.05) is 36.4 Å². The zero-order valence-corrected chi connectivity index (χ0v) is 16.7. The van der Waals surface area contributed by atoms with E-state index in [-0.39, 0.29) is 11.6 Å². The van der Waals surface area contributed by atoms with Gasteiger partial charge in [0.2, 0.25) is 0 Å². The maximum Gasteiger partial charge on any atom is 0.277 e. The van der Waals surface area contributed by atoms with E-state index in [1.54, 1.807) is 23.1 Å². The number of aromatic nitrogens is 3. The summed E-state index contributed by atoms with van der Waals surface area (Å²) in [6, 6.07) is 17.3. The Morgan fingerprint density at radius 3 is 2.75 bits per heavy atom. The molecule has 0 bridgehead atoms. The Kier molecular flexibility index (Phi) is 5.08. The van der Waals surface area contributed by atoms with E-state index in [0.717, 1.165) is 10.0 Å². The number of hydrogen-bond donors (Lipinski definition) is 1. The molecule has 2 aromatic heterocycles. The van der Waals surface area contributed by atoms with Crippen LogP contribution in [0.3, 0.4) is 0 Å². The Hall–Kier alpha value is -3.19. The van der Waals surface area contributed by atoms with Crippen molar-refractivity contribution in [3.63, 3.8) is 0 Å². The van der Waals surface area contributed by atoms with Gasteiger partial charge in [0.05, 0.1) is 18.4 Å². The highest BCUT2D eigenvalue weighted by molar-refractivity contribution is 9.10. The van der Waals surface area contributed by atoms with Crippen LogP contribution in [0.1, 0.15) is 21.6 Å². The van der Waals surface area contributed by atoms with Crippen LogP contribution in [0.25, 0.3) is 11.3 Å². The minimum atomic E-state index is -0.345. The van der Waals surface area contributed by atoms with Crippen molar-refractivity contribution in [3.05, 3.63) is 88.3 Å². The monoisotopic (exact) mass is 436 g/mol. The van der Waals surface area contributed by atoms with Crippen molar-refractivity contribution in [2.24, 2.45) is 0 Å². The second kappa shape index (κ2) is 7.82. The van der Waals surface area contributed by atoms with Gasteiger partial charge in [0.25, 0.3) is 5.91 Å². The van der Waals surface area contributed by atoms with Crippen LogP contribution >= 0.6 is 15.9 Å². The van der Waals surface area contributed by atoms with Crippen molar-refractivity contribution in [1.29, 1.82) is 0 Å². The van der Waals surface area contributed by atoms with Crippen molar-refractivity contribution >= 4 is 27.5 Å². The molecule has 0 aliphatic heterocycles. The lowest BCUT2D eigenvalue weighted by Gasteiger charge is -2.05. The number of benzene rings is 2. The van der Waals surface area contributed by atoms with E-state index in [1.165, 1.54) is 11.1 Å². The summed E-state index contributed by atoms with van der Waals surface area (Å²) in [7, 11) is 0. The van der Waals surface area contributed by atoms with Crippen molar-refractivity contribution in [2.75, 3.05) is 5.32 Å². The number of anilines is 1. The van der Waals surface area contributed by atoms with E-state index in [0.29, 0.717) is 18.0 Å². The molecule has 7 heteroatoms. The predicted molar refractivity (Wildman–Crippen MR) is 110 cm³/mol. The first kappa shape index (κ1) is 18.2. The third-order valence-electron chi connectivity index (χ3n) is 4.36. The molecule has 0 aliphatic carbocycles. The number of nitrogens with zero attached hydrogens (tertiary/aromatic N) is 3. The Bertz CT molecular complexity index is 1120. The minimum absolute atomic E-state index is 0.213. The summed E-state index contributed by atoms with van der Waals surface area (Å²) < 4.78 is 8.05. The summed E-state index contributed by atoms with van der Waals surface area (Å²) in [6.07, 6.45) is 3.41. The fraction of sp³-hybridized carbons (Fsp3) is 0.0952. The molecule has 4 rings (SSSR count). The predicted octanol–water partition coefficient (Wildman–Crippen LogP) is 4.91. The van der Waals surface area contributed by atoms with Gasteiger partial charge in [-0.15, -0.1) is 0 Å². The van der Waals surface area contributed by atoms with Crippen molar-refractivity contribution in [1.82, 2.24) is 14.9 Å². The smallest absolute Gasteiger partial charge is 0.277 e. The number of carbonyl (C=O) groups excluding carboxylic acids is 1. The average molecular weight is 437 g/mol. The first-order chi connectivity index (χ1) is 13.6. The maximum atomic E-state index is 12.5. The molecule has 2 aromatic carbocycles. The van der Waals surface area contributed by atoms with Crippen LogP contribution in [0.5, 0.6) is 0 Å². The summed E-state index contributed by atoms with van der Waals surface area (Å²) >= 11 is 3.39. The number of hydrogen-bond acceptors (Lipinski definition) is 4. The Morgan fingerprint density at radius 1 is 1.18 bits per heavy atom. The van der Waals surface area contributed by atoms with Crippen molar-refractivity contribution in [3.8, 4) is 11.3 Å². The molecule has 140 valence electrons. The van der Waals surface area contributed by atoms with E-state index >= 15 is 0 Å². The fourth-order valence-corrected chi connectivity index (χ4v) is 3.07. The summed E-state index contributed by atoms with van der Waals surface area (Å²) in [5.41, 5.74) is 4.04. The quantitative estimate of drug-likeness (QED) is 0.482. The summed E-state index contributed by atoms with van der Waals surface area (Å²) in [6.45, 7) is 2.70. The molecule has 6 nitrogen and oxygen atoms in total. The molecule has 0 saturated carbocycles. The molecule has 0 saturated heterocycles. The van der Waals surface area contributed by atoms with Crippen LogP contribution in [-0.2, 0) is 6.54 Å². The Morgan fingerprint density at radius 2 is 1.96 bits per heavy atom. The molecular formula is C21H17BrN4O2. The number of halogens is 1. The van der Waals surface area contributed by atoms with Gasteiger partial charge in [0.15, 0.2) is 11.5 Å². The third kappa shape index (κ3) is 4.04. The third-order valence-corrected chi connectivity index (χ3v) is 4.88. The van der Waals surface area contributed by atoms with Gasteiger partial charge in [-0.05, 0) is 30.2 Å². The molecule has 0 radical (unpaired) electrons. The highest BCUT2D eigenvalue weighted by Crippen LogP contribution is 2.23. The molecule has 1 N–H and O–H groups in total. The zero-order valence-electron chi connectivity index (χ0n) is 15.1. The standard InChI is InChI=1S/C21H17BrN4O2/c1-14-4-2-3-5-16(14)12-26-13-18(11-23-26)24-21(27)19-10-20(28-25-19)15-6-8-17(22)9-7-15/h2-11,13H,12H2,1H3,(H,24,27). The SMILES string of the molecule is Cc1ccccc1Cn1cc(NC(=O)c2cc(-c3ccc(Br)cc3)on2)cn1. The molecule has 1 amide bonds. The van der Waals surface area contributed by atoms with Crippen LogP contribution in [-0.4, -0.2) is 20.8 Å². The lowest BCUT2D eigenvalue weighted by molar-refractivity contribution is 0.101. The van der Waals surface area contributed by atoms with Gasteiger partial charge in [-0.25, -0.2) is 0 Å². The normalized spacial score (nSPS) is 10.8. The number of nitrogens with one attached hydrogen (secondary N) is 1. The van der Waals surface area contributed by atoms with Crippen molar-refractivity contribution in [2.45, 2.75) is 13.5 Å². The number of rotatable bonds is 5. The average Bonchev–Trinajstić information content (AvgIpc) is 3.34. The molecule has 28 heavy (non-hydrogen) atoms. The number of carbonyl (C=O) groups is 1. The van der Waals surface area contributed by atoms with Gasteiger partial charge in [-0.1, -0.05) is 57.5 Å². The first-order valence-corrected chi connectivity index (χ1v) is 9.49. The van der Waals surface area contributed by atoms with Crippen LogP contribution in [0.2, 0.25) is 0 Å². The van der Waals surface area contributed by atoms with Gasteiger partial charge in [-0.3, -0.25) is 9.48 Å². The fourth-order valence-electron chi connectivity index (χ4n) is 2.80. The molecule has 0 unspecified atom stereocenters. The lowest BCUT2D eigenvalue weighted by atomic mass is 10.1. The topological polar surface area (TPSA) is 73.0 Å². The second-order valence-corrected chi connectivity index (χ2v) is 7.31. The lowest BCUT2D eigenvalue weighted by Crippen LogP contribution is -2.11. The van der Waals surface area contributed by atoms with E-state index in [4.69, 9.17) is 4.52 Å². The molecule has 0 atom stereocenters. The molecule has 0 spiro atoms. The van der Waals surface area contributed by atoms with Crippen LogP contribution in [0.15, 0.2) is 76.0 Å². The van der Waals surface area contributed by atoms with Gasteiger partial charge < -0.3 is 9.84 Å². The van der Waals surface area contributed by atoms with Crippen molar-refractivity contribution < 1.29 is 9.32 Å². The number of amides is 1. The van der Waals surface area contributed by atoms with E-state index < -0.39 is 0 Å². The van der Waals surface area contributed by atoms with Gasteiger partial charge in [-0.2, -0.15) is 5.10 Å². The van der Waals surface area contributed by atoms with Gasteiger partial charge in [0.1, 0.15) is 0 Å². The van der Waals surface area contributed by atoms with Gasteiger partial charge >= 0.3 is 0 Å². The van der Waals surface area contributed by atoms with Crippen LogP contribution < -0.4 is 5.32 Å². The first-order valence-electron chi connectivity index (χ1n) is 8.69. The Balaban J connectivity index is 1.44. The highest BCUT2D eigenvalue weighted by atomic mass is 79.9. The second-order valence-electron chi connectivity index (χ2n) is 6.39. The molecule has 0 fully saturated rings. The van der Waals surface area contributed by atoms with E-state index in [2.05, 4.69) is 50.6 Å². The molecule has 4 aromatic rings. The largest absolute Gasteiger partial charge is 0.355 e. The minimum Gasteiger partial charge on any atom is -0.355 e. The molecule has 2 heterocycles. The molecular weight excluding hydrogens is 420 g/mol. The summed E-state index contributed by atoms with van der Waals surface area (Å²) in [5.74, 6) is 0.190. The van der Waals surface area contributed by atoms with E-state index in [9.17, 15) is 4.79 Å². The summed E-state index contributed by atoms with van der Waals surface area (Å²) in [5, 5.41) is 11.0. The maximum absolute atomic E-state index is 12.5. The summed E-state index contributed by atoms with van der Waals surface area (Å²) in [4.78, 5) is 12.5.